The van der Waals surface area contributed by atoms with E-state index in [1.165, 1.54) is 6.92 Å². The Kier molecular flexibility index (Phi) is 7.56. The van der Waals surface area contributed by atoms with Gasteiger partial charge in [0.05, 0.1) is 18.0 Å². The minimum absolute atomic E-state index is 0.132. The van der Waals surface area contributed by atoms with E-state index in [9.17, 15) is 9.59 Å². The smallest absolute Gasteiger partial charge is 0.268 e. The lowest BCUT2D eigenvalue weighted by atomic mass is 10.1. The van der Waals surface area contributed by atoms with Crippen molar-refractivity contribution in [3.05, 3.63) is 54.1 Å². The van der Waals surface area contributed by atoms with Gasteiger partial charge in [0.1, 0.15) is 5.75 Å². The average Bonchev–Trinajstić information content (AvgIpc) is 2.67. The molecule has 2 rings (SSSR count). The average molecular weight is 383 g/mol. The third-order valence-electron chi connectivity index (χ3n) is 3.78. The van der Waals surface area contributed by atoms with Crippen molar-refractivity contribution in [1.82, 2.24) is 0 Å². The Morgan fingerprint density at radius 3 is 2.36 bits per heavy atom. The summed E-state index contributed by atoms with van der Waals surface area (Å²) in [5.74, 6) is 0.140. The molecule has 0 aliphatic rings. The van der Waals surface area contributed by atoms with Gasteiger partial charge in [-0.25, -0.2) is 0 Å². The minimum atomic E-state index is -0.789. The maximum atomic E-state index is 12.4. The van der Waals surface area contributed by atoms with E-state index < -0.39 is 6.10 Å². The van der Waals surface area contributed by atoms with Crippen LogP contribution in [0.5, 0.6) is 5.75 Å². The van der Waals surface area contributed by atoms with Crippen LogP contribution in [-0.4, -0.2) is 30.2 Å². The van der Waals surface area contributed by atoms with Crippen LogP contribution < -0.4 is 15.4 Å². The predicted octanol–water partition coefficient (Wildman–Crippen LogP) is 3.81. The summed E-state index contributed by atoms with van der Waals surface area (Å²) in [5.41, 5.74) is 2.72. The largest absolute Gasteiger partial charge is 0.492 e. The fraction of sp³-hybridized carbons (Fsp3) is 0.286. The Morgan fingerprint density at radius 2 is 1.71 bits per heavy atom. The summed E-state index contributed by atoms with van der Waals surface area (Å²) in [6.07, 6.45) is -0.789. The van der Waals surface area contributed by atoms with E-state index in [1.54, 1.807) is 38.1 Å². The van der Waals surface area contributed by atoms with Crippen LogP contribution in [0.3, 0.4) is 0 Å². The number of para-hydroxylation sites is 2. The van der Waals surface area contributed by atoms with Gasteiger partial charge >= 0.3 is 0 Å². The lowest BCUT2D eigenvalue weighted by Gasteiger charge is -2.14. The number of oxime groups is 1. The number of nitrogens with one attached hydrogen (secondary N) is 2. The van der Waals surface area contributed by atoms with E-state index in [1.807, 2.05) is 31.2 Å². The fourth-order valence-electron chi connectivity index (χ4n) is 2.34. The molecule has 0 saturated carbocycles. The van der Waals surface area contributed by atoms with Crippen molar-refractivity contribution >= 4 is 28.9 Å². The van der Waals surface area contributed by atoms with E-state index in [0.717, 1.165) is 5.56 Å². The zero-order valence-electron chi connectivity index (χ0n) is 16.5. The summed E-state index contributed by atoms with van der Waals surface area (Å²) in [4.78, 5) is 28.8. The molecular weight excluding hydrogens is 358 g/mol. The Labute approximate surface area is 164 Å². The van der Waals surface area contributed by atoms with E-state index in [-0.39, 0.29) is 11.8 Å². The molecule has 0 fully saturated rings. The molecule has 0 radical (unpaired) electrons. The van der Waals surface area contributed by atoms with E-state index in [2.05, 4.69) is 15.8 Å². The standard InChI is InChI=1S/C21H25N3O4/c1-5-27-20-9-7-6-8-19(20)23-21(26)15(3)28-24-14(2)17-10-12-18(13-11-17)22-16(4)25/h6-13,15H,5H2,1-4H3,(H,22,25)(H,23,26)/b24-14+. The van der Waals surface area contributed by atoms with Gasteiger partial charge in [0.2, 0.25) is 12.0 Å². The van der Waals surface area contributed by atoms with Crippen molar-refractivity contribution < 1.29 is 19.2 Å². The molecule has 0 bridgehead atoms. The van der Waals surface area contributed by atoms with Crippen molar-refractivity contribution in [3.63, 3.8) is 0 Å². The van der Waals surface area contributed by atoms with Gasteiger partial charge in [-0.2, -0.15) is 0 Å². The molecule has 2 amide bonds. The van der Waals surface area contributed by atoms with Crippen LogP contribution >= 0.6 is 0 Å². The highest BCUT2D eigenvalue weighted by Crippen LogP contribution is 2.24. The van der Waals surface area contributed by atoms with Gasteiger partial charge in [0.15, 0.2) is 0 Å². The number of amides is 2. The molecular formula is C21H25N3O4. The number of hydrogen-bond donors (Lipinski definition) is 2. The predicted molar refractivity (Wildman–Crippen MR) is 110 cm³/mol. The second-order valence-electron chi connectivity index (χ2n) is 6.10. The fourth-order valence-corrected chi connectivity index (χ4v) is 2.34. The zero-order valence-corrected chi connectivity index (χ0v) is 16.5. The van der Waals surface area contributed by atoms with Gasteiger partial charge in [-0.15, -0.1) is 0 Å². The summed E-state index contributed by atoms with van der Waals surface area (Å²) < 4.78 is 5.50. The number of ether oxygens (including phenoxy) is 1. The van der Waals surface area contributed by atoms with Gasteiger partial charge in [0.25, 0.3) is 5.91 Å². The summed E-state index contributed by atoms with van der Waals surface area (Å²) in [6, 6.07) is 14.4. The number of hydrogen-bond acceptors (Lipinski definition) is 5. The normalized spacial score (nSPS) is 12.1. The van der Waals surface area contributed by atoms with Crippen molar-refractivity contribution in [1.29, 1.82) is 0 Å². The van der Waals surface area contributed by atoms with Crippen LogP contribution in [-0.2, 0) is 14.4 Å². The number of carbonyl (C=O) groups is 2. The Hall–Kier alpha value is -3.35. The van der Waals surface area contributed by atoms with Crippen LogP contribution in [0.25, 0.3) is 0 Å². The Morgan fingerprint density at radius 1 is 1.04 bits per heavy atom. The van der Waals surface area contributed by atoms with E-state index in [4.69, 9.17) is 9.57 Å². The molecule has 1 unspecified atom stereocenters. The third kappa shape index (κ3) is 6.12. The molecule has 0 aliphatic heterocycles. The number of benzene rings is 2. The molecule has 0 heterocycles. The van der Waals surface area contributed by atoms with Crippen LogP contribution in [0.2, 0.25) is 0 Å². The monoisotopic (exact) mass is 383 g/mol. The lowest BCUT2D eigenvalue weighted by molar-refractivity contribution is -0.126. The second-order valence-corrected chi connectivity index (χ2v) is 6.10. The van der Waals surface area contributed by atoms with Crippen molar-refractivity contribution in [2.45, 2.75) is 33.8 Å². The first-order chi connectivity index (χ1) is 13.4. The molecule has 148 valence electrons. The number of rotatable bonds is 8. The van der Waals surface area contributed by atoms with Gasteiger partial charge in [0, 0.05) is 12.6 Å². The summed E-state index contributed by atoms with van der Waals surface area (Å²) in [5, 5.41) is 9.53. The zero-order chi connectivity index (χ0) is 20.5. The maximum absolute atomic E-state index is 12.4. The molecule has 2 aromatic rings. The first-order valence-corrected chi connectivity index (χ1v) is 9.01. The summed E-state index contributed by atoms with van der Waals surface area (Å²) >= 11 is 0. The first-order valence-electron chi connectivity index (χ1n) is 9.01. The molecule has 0 saturated heterocycles. The van der Waals surface area contributed by atoms with Crippen molar-refractivity contribution in [2.24, 2.45) is 5.16 Å². The highest BCUT2D eigenvalue weighted by molar-refractivity contribution is 5.99. The Balaban J connectivity index is 1.97. The molecule has 28 heavy (non-hydrogen) atoms. The minimum Gasteiger partial charge on any atom is -0.492 e. The molecule has 2 N–H and O–H groups in total. The summed E-state index contributed by atoms with van der Waals surface area (Å²) in [6.45, 7) is 7.24. The quantitative estimate of drug-likeness (QED) is 0.536. The molecule has 7 heteroatoms. The van der Waals surface area contributed by atoms with E-state index >= 15 is 0 Å². The van der Waals surface area contributed by atoms with Gasteiger partial charge in [-0.3, -0.25) is 9.59 Å². The van der Waals surface area contributed by atoms with Crippen LogP contribution in [0, 0.1) is 0 Å². The summed E-state index contributed by atoms with van der Waals surface area (Å²) in [7, 11) is 0. The van der Waals surface area contributed by atoms with Gasteiger partial charge in [-0.1, -0.05) is 29.4 Å². The molecule has 0 aliphatic carbocycles. The third-order valence-corrected chi connectivity index (χ3v) is 3.78. The van der Waals surface area contributed by atoms with Gasteiger partial charge < -0.3 is 20.2 Å². The highest BCUT2D eigenvalue weighted by atomic mass is 16.6. The van der Waals surface area contributed by atoms with Crippen molar-refractivity contribution in [3.8, 4) is 5.75 Å². The van der Waals surface area contributed by atoms with Crippen LogP contribution in [0.1, 0.15) is 33.3 Å². The topological polar surface area (TPSA) is 89.0 Å². The molecule has 0 spiro atoms. The SMILES string of the molecule is CCOc1ccccc1NC(=O)C(C)O/N=C(\C)c1ccc(NC(C)=O)cc1. The number of anilines is 2. The highest BCUT2D eigenvalue weighted by Gasteiger charge is 2.16. The maximum Gasteiger partial charge on any atom is 0.268 e. The molecule has 1 atom stereocenters. The van der Waals surface area contributed by atoms with Gasteiger partial charge in [-0.05, 0) is 50.6 Å². The van der Waals surface area contributed by atoms with E-state index in [0.29, 0.717) is 29.4 Å². The molecule has 7 nitrogen and oxygen atoms in total. The molecule has 0 aromatic heterocycles. The molecule has 2 aromatic carbocycles. The van der Waals surface area contributed by atoms with Crippen LogP contribution in [0.15, 0.2) is 53.7 Å². The Bertz CT molecular complexity index is 847. The number of carbonyl (C=O) groups excluding carboxylic acids is 2. The van der Waals surface area contributed by atoms with Crippen molar-refractivity contribution in [2.75, 3.05) is 17.2 Å². The van der Waals surface area contributed by atoms with Crippen LogP contribution in [0.4, 0.5) is 11.4 Å². The second kappa shape index (κ2) is 10.1. The first kappa shape index (κ1) is 21.0. The lowest BCUT2D eigenvalue weighted by Crippen LogP contribution is -2.27. The number of nitrogens with zero attached hydrogens (tertiary/aromatic N) is 1.